The predicted octanol–water partition coefficient (Wildman–Crippen LogP) is 10.4. The lowest BCUT2D eigenvalue weighted by Crippen LogP contribution is -2.75. The van der Waals surface area contributed by atoms with Crippen molar-refractivity contribution in [2.24, 2.45) is 0 Å². The third-order valence-electron chi connectivity index (χ3n) is 7.13. The van der Waals surface area contributed by atoms with Gasteiger partial charge in [0.2, 0.25) is 0 Å². The second-order valence-corrected chi connectivity index (χ2v) is 14.8. The lowest BCUT2D eigenvalue weighted by atomic mass is 9.91. The maximum absolute atomic E-state index is 15.4. The van der Waals surface area contributed by atoms with Crippen molar-refractivity contribution >= 4 is 20.4 Å². The molecule has 0 spiro atoms. The summed E-state index contributed by atoms with van der Waals surface area (Å²) in [7, 11) is -10.7. The lowest BCUT2D eigenvalue weighted by Gasteiger charge is -2.43. The fourth-order valence-corrected chi connectivity index (χ4v) is 9.35. The van der Waals surface area contributed by atoms with Crippen molar-refractivity contribution in [3.05, 3.63) is 78.6 Å². The summed E-state index contributed by atoms with van der Waals surface area (Å²) in [6.45, 7) is 0. The van der Waals surface area contributed by atoms with Crippen molar-refractivity contribution in [3.8, 4) is 11.5 Å². The van der Waals surface area contributed by atoms with Crippen molar-refractivity contribution in [1.82, 2.24) is 0 Å². The molecule has 0 aliphatic carbocycles. The molecule has 53 heavy (non-hydrogen) atoms. The van der Waals surface area contributed by atoms with Crippen LogP contribution in [0.1, 0.15) is 0 Å². The Bertz CT molecular complexity index is 1820. The average molecular weight is 841 g/mol. The predicted molar refractivity (Wildman–Crippen MR) is 145 cm³/mol. The Kier molecular flexibility index (Phi) is 11.1. The molecule has 3 rings (SSSR count). The standard InChI is InChI=1S/C28H18F18O5S2/c1-49-16-5-11-19(12-6-16)52(18-9-3-15(29)4-10-18,20-13-7-17(50-2)8-14-20)51-53(47,48)28(45,46)26(40,41)24(36,37)22(32,33)21(30,31)23(34,35)25(38,39)27(42,43)44/h3-14H,1-2H3. The van der Waals surface area contributed by atoms with Crippen LogP contribution in [0.5, 0.6) is 11.5 Å². The highest BCUT2D eigenvalue weighted by Crippen LogP contribution is 2.72. The van der Waals surface area contributed by atoms with E-state index in [0.717, 1.165) is 62.8 Å². The van der Waals surface area contributed by atoms with Crippen LogP contribution in [0.25, 0.3) is 0 Å². The van der Waals surface area contributed by atoms with Gasteiger partial charge in [0.1, 0.15) is 17.3 Å². The van der Waals surface area contributed by atoms with Gasteiger partial charge >= 0.3 is 57.1 Å². The van der Waals surface area contributed by atoms with E-state index in [9.17, 15) is 78.7 Å². The number of ether oxygens (including phenoxy) is 2. The van der Waals surface area contributed by atoms with Crippen LogP contribution in [0.4, 0.5) is 79.0 Å². The summed E-state index contributed by atoms with van der Waals surface area (Å²) in [5, 5.41) is -7.98. The van der Waals surface area contributed by atoms with Gasteiger partial charge in [-0.2, -0.15) is 83.1 Å². The SMILES string of the molecule is COc1ccc(S(OS(=O)(=O)C(F)(F)C(F)(F)C(F)(F)C(F)(F)C(F)(F)C(F)(F)C(F)(F)C(F)(F)F)(c2ccc(F)cc2)c2ccc(OC)cc2)cc1. The van der Waals surface area contributed by atoms with Gasteiger partial charge in [-0.3, -0.25) is 0 Å². The molecular weight excluding hydrogens is 822 g/mol. The van der Waals surface area contributed by atoms with Gasteiger partial charge in [0, 0.05) is 14.7 Å². The van der Waals surface area contributed by atoms with Crippen LogP contribution >= 0.6 is 10.3 Å². The molecule has 0 atom stereocenters. The Morgan fingerprint density at radius 2 is 0.717 bits per heavy atom. The highest BCUT2D eigenvalue weighted by molar-refractivity contribution is 8.33. The molecule has 25 heteroatoms. The number of benzene rings is 3. The van der Waals surface area contributed by atoms with Gasteiger partial charge in [-0.05, 0) is 83.1 Å². The fraction of sp³-hybridized carbons (Fsp3) is 0.357. The van der Waals surface area contributed by atoms with E-state index < -0.39 is 87.9 Å². The minimum atomic E-state index is -9.03. The minimum absolute atomic E-state index is 0.0914. The largest absolute Gasteiger partial charge is 0.497 e. The summed E-state index contributed by atoms with van der Waals surface area (Å²) in [5.74, 6) is -54.1. The first kappa shape index (κ1) is 43.7. The molecule has 0 unspecified atom stereocenters. The molecule has 0 bridgehead atoms. The smallest absolute Gasteiger partial charge is 0.460 e. The van der Waals surface area contributed by atoms with Crippen LogP contribution in [0.15, 0.2) is 87.5 Å². The topological polar surface area (TPSA) is 61.8 Å². The van der Waals surface area contributed by atoms with E-state index >= 15 is 8.78 Å². The zero-order valence-electron chi connectivity index (χ0n) is 25.6. The Hall–Kier alpha value is -3.74. The number of hydrogen-bond donors (Lipinski definition) is 0. The molecule has 5 nitrogen and oxygen atoms in total. The maximum atomic E-state index is 15.4. The third-order valence-corrected chi connectivity index (χ3v) is 12.4. The molecule has 0 saturated heterocycles. The van der Waals surface area contributed by atoms with E-state index in [1.807, 2.05) is 0 Å². The van der Waals surface area contributed by atoms with Crippen molar-refractivity contribution in [3.63, 3.8) is 0 Å². The zero-order valence-corrected chi connectivity index (χ0v) is 27.2. The van der Waals surface area contributed by atoms with Crippen LogP contribution in [0.3, 0.4) is 0 Å². The van der Waals surface area contributed by atoms with Gasteiger partial charge in [0.05, 0.1) is 14.2 Å². The molecule has 0 radical (unpaired) electrons. The van der Waals surface area contributed by atoms with E-state index in [4.69, 9.17) is 9.47 Å². The average Bonchev–Trinajstić information content (AvgIpc) is 3.06. The van der Waals surface area contributed by atoms with E-state index in [1.54, 1.807) is 0 Å². The molecule has 0 N–H and O–H groups in total. The summed E-state index contributed by atoms with van der Waals surface area (Å²) < 4.78 is 292. The first-order valence-electron chi connectivity index (χ1n) is 13.3. The third kappa shape index (κ3) is 6.48. The molecule has 0 fully saturated rings. The van der Waals surface area contributed by atoms with Gasteiger partial charge in [0.15, 0.2) is 0 Å². The molecular formula is C28H18F18O5S2. The Morgan fingerprint density at radius 1 is 0.434 bits per heavy atom. The first-order chi connectivity index (χ1) is 23.8. The van der Waals surface area contributed by atoms with Gasteiger partial charge in [-0.15, -0.1) is 0 Å². The van der Waals surface area contributed by atoms with E-state index in [2.05, 4.69) is 3.63 Å². The number of alkyl halides is 17. The highest BCUT2D eigenvalue weighted by Gasteiger charge is 2.96. The van der Waals surface area contributed by atoms with Gasteiger partial charge in [0.25, 0.3) is 0 Å². The Morgan fingerprint density at radius 3 is 1.02 bits per heavy atom. The van der Waals surface area contributed by atoms with E-state index in [0.29, 0.717) is 24.3 Å². The van der Waals surface area contributed by atoms with E-state index in [1.165, 1.54) is 0 Å². The number of methoxy groups -OCH3 is 2. The second-order valence-electron chi connectivity index (χ2n) is 10.3. The van der Waals surface area contributed by atoms with Gasteiger partial charge in [-0.25, -0.2) is 8.02 Å². The molecule has 0 aromatic heterocycles. The van der Waals surface area contributed by atoms with Gasteiger partial charge < -0.3 is 9.47 Å². The van der Waals surface area contributed by atoms with Crippen LogP contribution in [0, 0.1) is 5.82 Å². The van der Waals surface area contributed by atoms with Crippen LogP contribution in [-0.2, 0) is 13.7 Å². The molecule has 0 saturated carbocycles. The molecule has 0 amide bonds. The van der Waals surface area contributed by atoms with E-state index in [-0.39, 0.29) is 11.5 Å². The van der Waals surface area contributed by atoms with Crippen molar-refractivity contribution < 1.29 is 101 Å². The summed E-state index contributed by atoms with van der Waals surface area (Å²) in [4.78, 5) is -2.18. The van der Waals surface area contributed by atoms with Crippen molar-refractivity contribution in [1.29, 1.82) is 0 Å². The zero-order chi connectivity index (χ0) is 41.1. The number of hydrogen-bond acceptors (Lipinski definition) is 5. The van der Waals surface area contributed by atoms with Crippen molar-refractivity contribution in [2.75, 3.05) is 14.2 Å². The van der Waals surface area contributed by atoms with Gasteiger partial charge in [-0.1, -0.05) is 0 Å². The lowest BCUT2D eigenvalue weighted by molar-refractivity contribution is -0.458. The normalized spacial score (nSPS) is 14.9. The summed E-state index contributed by atoms with van der Waals surface area (Å²) >= 11 is 0. The Balaban J connectivity index is 2.36. The molecule has 3 aromatic rings. The van der Waals surface area contributed by atoms with Crippen LogP contribution in [0.2, 0.25) is 0 Å². The summed E-state index contributed by atoms with van der Waals surface area (Å²) in [6, 6.07) is 9.11. The monoisotopic (exact) mass is 840 g/mol. The second kappa shape index (κ2) is 13.5. The quantitative estimate of drug-likeness (QED) is 0.151. The molecule has 298 valence electrons. The minimum Gasteiger partial charge on any atom is -0.497 e. The number of halogens is 18. The highest BCUT2D eigenvalue weighted by atomic mass is 32.3. The summed E-state index contributed by atoms with van der Waals surface area (Å²) in [6.07, 6.45) is -7.97. The number of rotatable bonds is 14. The molecule has 0 heterocycles. The molecule has 3 aromatic carbocycles. The van der Waals surface area contributed by atoms with Crippen molar-refractivity contribution in [2.45, 2.75) is 61.7 Å². The van der Waals surface area contributed by atoms with Crippen LogP contribution < -0.4 is 9.47 Å². The maximum Gasteiger partial charge on any atom is 0.460 e. The molecule has 0 aliphatic rings. The summed E-state index contributed by atoms with van der Waals surface area (Å²) in [5.41, 5.74) is 0. The fourth-order valence-electron chi connectivity index (χ4n) is 4.17. The molecule has 0 aliphatic heterocycles. The first-order valence-corrected chi connectivity index (χ1v) is 16.3. The van der Waals surface area contributed by atoms with Crippen LogP contribution in [-0.4, -0.2) is 69.6 Å². The Labute approximate surface area is 287 Å².